The molecule has 3 aromatic carbocycles. The lowest BCUT2D eigenvalue weighted by Crippen LogP contribution is -2.52. The van der Waals surface area contributed by atoms with Gasteiger partial charge in [-0.2, -0.15) is 0 Å². The molecule has 2 atom stereocenters. The van der Waals surface area contributed by atoms with Gasteiger partial charge in [0.05, 0.1) is 0 Å². The molecule has 0 unspecified atom stereocenters. The topological polar surface area (TPSA) is 49.4 Å². The number of benzene rings is 3. The molecule has 0 aliphatic rings. The van der Waals surface area contributed by atoms with E-state index in [4.69, 9.17) is 23.2 Å². The van der Waals surface area contributed by atoms with E-state index < -0.39 is 6.04 Å². The van der Waals surface area contributed by atoms with E-state index in [0.29, 0.717) is 35.9 Å². The molecule has 196 valence electrons. The van der Waals surface area contributed by atoms with E-state index in [1.807, 2.05) is 92.7 Å². The Bertz CT molecular complexity index is 1120. The van der Waals surface area contributed by atoms with E-state index in [1.54, 1.807) is 16.7 Å². The van der Waals surface area contributed by atoms with Crippen molar-refractivity contribution in [3.8, 4) is 0 Å². The second-order valence-corrected chi connectivity index (χ2v) is 11.1. The zero-order chi connectivity index (χ0) is 26.6. The summed E-state index contributed by atoms with van der Waals surface area (Å²) in [4.78, 5) is 30.0. The second kappa shape index (κ2) is 15.1. The number of carbonyl (C=O) groups is 2. The first-order chi connectivity index (χ1) is 17.9. The number of hydrogen-bond donors (Lipinski definition) is 1. The van der Waals surface area contributed by atoms with Crippen LogP contribution in [0, 0.1) is 0 Å². The van der Waals surface area contributed by atoms with Crippen molar-refractivity contribution in [3.63, 3.8) is 0 Å². The van der Waals surface area contributed by atoms with E-state index in [2.05, 4.69) is 5.32 Å². The highest BCUT2D eigenvalue weighted by Crippen LogP contribution is 2.23. The van der Waals surface area contributed by atoms with Gasteiger partial charge in [0.25, 0.3) is 0 Å². The molecule has 0 saturated carbocycles. The third-order valence-corrected chi connectivity index (χ3v) is 7.76. The number of thioether (sulfide) groups is 1. The van der Waals surface area contributed by atoms with E-state index in [-0.39, 0.29) is 17.9 Å². The Labute approximate surface area is 234 Å². The van der Waals surface area contributed by atoms with E-state index in [1.165, 1.54) is 0 Å². The minimum atomic E-state index is -0.622. The molecule has 0 aliphatic heterocycles. The zero-order valence-electron chi connectivity index (χ0n) is 21.3. The van der Waals surface area contributed by atoms with Crippen LogP contribution < -0.4 is 5.32 Å². The molecule has 0 aromatic heterocycles. The van der Waals surface area contributed by atoms with Crippen LogP contribution in [0.3, 0.4) is 0 Å². The summed E-state index contributed by atoms with van der Waals surface area (Å²) >= 11 is 13.8. The van der Waals surface area contributed by atoms with Crippen molar-refractivity contribution in [1.82, 2.24) is 10.2 Å². The third kappa shape index (κ3) is 9.73. The van der Waals surface area contributed by atoms with E-state index >= 15 is 0 Å². The van der Waals surface area contributed by atoms with Gasteiger partial charge >= 0.3 is 0 Å². The quantitative estimate of drug-likeness (QED) is 0.176. The first-order valence-corrected chi connectivity index (χ1v) is 14.4. The third-order valence-electron chi connectivity index (χ3n) is 6.16. The standard InChI is InChI=1S/C30H34Cl2N2O2S/c1-3-22(2)33-30(36)28(20-23-8-5-4-6-9-23)34(21-24-11-13-25(31)14-12-24)29(35)10-7-19-37-27-17-15-26(32)16-18-27/h4-6,8-9,11-18,22,28H,3,7,10,19-21H2,1-2H3,(H,33,36)/t22-,28-/m1/s1. The average molecular weight is 558 g/mol. The SMILES string of the molecule is CC[C@@H](C)NC(=O)[C@@H](Cc1ccccc1)N(Cc1ccc(Cl)cc1)C(=O)CCCSc1ccc(Cl)cc1. The molecule has 0 saturated heterocycles. The van der Waals surface area contributed by atoms with Gasteiger partial charge in [0, 0.05) is 40.4 Å². The molecule has 2 amide bonds. The molecule has 0 spiro atoms. The van der Waals surface area contributed by atoms with Gasteiger partial charge < -0.3 is 10.2 Å². The Morgan fingerprint density at radius 2 is 1.51 bits per heavy atom. The number of nitrogens with one attached hydrogen (secondary N) is 1. The number of nitrogens with zero attached hydrogens (tertiary/aromatic N) is 1. The Balaban J connectivity index is 1.78. The molecule has 0 aliphatic carbocycles. The number of rotatable bonds is 13. The fraction of sp³-hybridized carbons (Fsp3) is 0.333. The monoisotopic (exact) mass is 556 g/mol. The van der Waals surface area contributed by atoms with Gasteiger partial charge in [0.2, 0.25) is 11.8 Å². The summed E-state index contributed by atoms with van der Waals surface area (Å²) in [6, 6.07) is 24.4. The summed E-state index contributed by atoms with van der Waals surface area (Å²) in [5.74, 6) is 0.632. The predicted octanol–water partition coefficient (Wildman–Crippen LogP) is 7.42. The van der Waals surface area contributed by atoms with Crippen molar-refractivity contribution in [2.24, 2.45) is 0 Å². The van der Waals surface area contributed by atoms with Gasteiger partial charge in [0.15, 0.2) is 0 Å². The number of halogens is 2. The lowest BCUT2D eigenvalue weighted by atomic mass is 10.0. The lowest BCUT2D eigenvalue weighted by Gasteiger charge is -2.32. The number of carbonyl (C=O) groups excluding carboxylic acids is 2. The van der Waals surface area contributed by atoms with Crippen molar-refractivity contribution in [3.05, 3.63) is 100 Å². The Morgan fingerprint density at radius 3 is 2.14 bits per heavy atom. The fourth-order valence-electron chi connectivity index (χ4n) is 3.87. The van der Waals surface area contributed by atoms with E-state index in [0.717, 1.165) is 28.2 Å². The summed E-state index contributed by atoms with van der Waals surface area (Å²) in [5.41, 5.74) is 1.95. The Hall–Kier alpha value is -2.47. The maximum Gasteiger partial charge on any atom is 0.243 e. The van der Waals surface area contributed by atoms with Crippen molar-refractivity contribution < 1.29 is 9.59 Å². The first-order valence-electron chi connectivity index (χ1n) is 12.6. The maximum absolute atomic E-state index is 13.7. The minimum Gasteiger partial charge on any atom is -0.352 e. The predicted molar refractivity (Wildman–Crippen MR) is 155 cm³/mol. The summed E-state index contributed by atoms with van der Waals surface area (Å²) < 4.78 is 0. The normalized spacial score (nSPS) is 12.5. The number of hydrogen-bond acceptors (Lipinski definition) is 3. The van der Waals surface area contributed by atoms with Crippen molar-refractivity contribution in [2.45, 2.75) is 63.1 Å². The van der Waals surface area contributed by atoms with Crippen LogP contribution in [-0.2, 0) is 22.6 Å². The molecular weight excluding hydrogens is 523 g/mol. The molecule has 7 heteroatoms. The Kier molecular flexibility index (Phi) is 11.8. The van der Waals surface area contributed by atoms with Crippen LogP contribution in [0.4, 0.5) is 0 Å². The number of amides is 2. The second-order valence-electron chi connectivity index (χ2n) is 9.08. The Morgan fingerprint density at radius 1 is 0.892 bits per heavy atom. The maximum atomic E-state index is 13.7. The molecule has 0 radical (unpaired) electrons. The highest BCUT2D eigenvalue weighted by molar-refractivity contribution is 7.99. The van der Waals surface area contributed by atoms with Crippen LogP contribution in [0.25, 0.3) is 0 Å². The molecular formula is C30H34Cl2N2O2S. The average Bonchev–Trinajstić information content (AvgIpc) is 2.91. The van der Waals surface area contributed by atoms with Gasteiger partial charge in [-0.05, 0) is 73.0 Å². The molecule has 3 rings (SSSR count). The van der Waals surface area contributed by atoms with Crippen LogP contribution in [0.5, 0.6) is 0 Å². The summed E-state index contributed by atoms with van der Waals surface area (Å²) in [5, 5.41) is 4.45. The smallest absolute Gasteiger partial charge is 0.243 e. The van der Waals surface area contributed by atoms with Gasteiger partial charge in [-0.1, -0.05) is 72.6 Å². The van der Waals surface area contributed by atoms with Gasteiger partial charge in [-0.25, -0.2) is 0 Å². The fourth-order valence-corrected chi connectivity index (χ4v) is 4.97. The van der Waals surface area contributed by atoms with Crippen LogP contribution in [0.1, 0.15) is 44.2 Å². The largest absolute Gasteiger partial charge is 0.352 e. The van der Waals surface area contributed by atoms with Crippen molar-refractivity contribution >= 4 is 46.8 Å². The van der Waals surface area contributed by atoms with Crippen LogP contribution in [-0.4, -0.2) is 34.6 Å². The summed E-state index contributed by atoms with van der Waals surface area (Å²) in [6.07, 6.45) is 2.32. The molecule has 0 heterocycles. The van der Waals surface area contributed by atoms with E-state index in [9.17, 15) is 9.59 Å². The summed E-state index contributed by atoms with van der Waals surface area (Å²) in [6.45, 7) is 4.36. The van der Waals surface area contributed by atoms with Crippen molar-refractivity contribution in [2.75, 3.05) is 5.75 Å². The molecule has 0 fully saturated rings. The summed E-state index contributed by atoms with van der Waals surface area (Å²) in [7, 11) is 0. The van der Waals surface area contributed by atoms with Gasteiger partial charge in [-0.15, -0.1) is 11.8 Å². The lowest BCUT2D eigenvalue weighted by molar-refractivity contribution is -0.141. The molecule has 4 nitrogen and oxygen atoms in total. The van der Waals surface area contributed by atoms with Crippen LogP contribution in [0.15, 0.2) is 83.8 Å². The molecule has 1 N–H and O–H groups in total. The van der Waals surface area contributed by atoms with Crippen molar-refractivity contribution in [1.29, 1.82) is 0 Å². The molecule has 3 aromatic rings. The highest BCUT2D eigenvalue weighted by atomic mass is 35.5. The molecule has 37 heavy (non-hydrogen) atoms. The van der Waals surface area contributed by atoms with Gasteiger partial charge in [-0.3, -0.25) is 9.59 Å². The first kappa shape index (κ1) is 29.1. The highest BCUT2D eigenvalue weighted by Gasteiger charge is 2.30. The van der Waals surface area contributed by atoms with Crippen LogP contribution in [0.2, 0.25) is 10.0 Å². The van der Waals surface area contributed by atoms with Gasteiger partial charge in [0.1, 0.15) is 6.04 Å². The molecule has 0 bridgehead atoms. The van der Waals surface area contributed by atoms with Crippen LogP contribution >= 0.6 is 35.0 Å². The minimum absolute atomic E-state index is 0.0223. The zero-order valence-corrected chi connectivity index (χ0v) is 23.7.